The summed E-state index contributed by atoms with van der Waals surface area (Å²) in [5, 5.41) is 16.8. The predicted octanol–water partition coefficient (Wildman–Crippen LogP) is 9.28. The van der Waals surface area contributed by atoms with Gasteiger partial charge < -0.3 is 20.5 Å². The largest absolute Gasteiger partial charge is 0.480 e. The molecule has 1 unspecified atom stereocenters. The fraction of sp³-hybridized carbons (Fsp3) is 0.0588. The van der Waals surface area contributed by atoms with Gasteiger partial charge in [0.05, 0.1) is 21.3 Å². The second-order valence-electron chi connectivity index (χ2n) is 9.62. The summed E-state index contributed by atoms with van der Waals surface area (Å²) < 4.78 is 6.09. The van der Waals surface area contributed by atoms with Crippen molar-refractivity contribution in [1.29, 1.82) is 0 Å². The van der Waals surface area contributed by atoms with Crippen LogP contribution >= 0.6 is 34.8 Å². The Morgan fingerprint density at radius 3 is 2.21 bits per heavy atom. The van der Waals surface area contributed by atoms with Crippen molar-refractivity contribution < 1.29 is 19.4 Å². The summed E-state index contributed by atoms with van der Waals surface area (Å²) >= 11 is 18.3. The van der Waals surface area contributed by atoms with Crippen molar-refractivity contribution in [2.24, 2.45) is 0 Å². The summed E-state index contributed by atoms with van der Waals surface area (Å²) in [6.45, 7) is 0. The van der Waals surface area contributed by atoms with Gasteiger partial charge in [0.15, 0.2) is 0 Å². The molecule has 1 atom stereocenters. The highest BCUT2D eigenvalue weighted by molar-refractivity contribution is 6.42. The standard InChI is InChI=1S/C34H25Cl3N2O4/c35-23-14-17-30(38-24-15-16-28(36)29(37)20-24)27(19-23)33(40)39-31(34(41)42)18-21-10-12-22(13-11-21)26-8-4-5-9-32(26)43-25-6-2-1-3-7-25/h1-17,19-20,31,38H,18H2,(H,39,40)(H,41,42). The molecule has 9 heteroatoms. The summed E-state index contributed by atoms with van der Waals surface area (Å²) in [7, 11) is 0. The number of carboxylic acids is 1. The lowest BCUT2D eigenvalue weighted by Gasteiger charge is -2.18. The lowest BCUT2D eigenvalue weighted by molar-refractivity contribution is -0.139. The number of nitrogens with one attached hydrogen (secondary N) is 2. The number of para-hydroxylation sites is 2. The average Bonchev–Trinajstić information content (AvgIpc) is 3.00. The number of aliphatic carboxylic acids is 1. The van der Waals surface area contributed by atoms with Gasteiger partial charge in [-0.2, -0.15) is 0 Å². The number of hydrogen-bond donors (Lipinski definition) is 3. The van der Waals surface area contributed by atoms with Gasteiger partial charge in [-0.1, -0.05) is 95.5 Å². The molecule has 5 rings (SSSR count). The van der Waals surface area contributed by atoms with Gasteiger partial charge in [-0.15, -0.1) is 0 Å². The Bertz CT molecular complexity index is 1760. The summed E-state index contributed by atoms with van der Waals surface area (Å²) in [6.07, 6.45) is 0.0691. The molecular formula is C34H25Cl3N2O4. The van der Waals surface area contributed by atoms with E-state index in [4.69, 9.17) is 39.5 Å². The van der Waals surface area contributed by atoms with E-state index in [-0.39, 0.29) is 12.0 Å². The molecule has 0 heterocycles. The van der Waals surface area contributed by atoms with E-state index in [1.807, 2.05) is 78.9 Å². The third-order valence-electron chi connectivity index (χ3n) is 6.59. The zero-order valence-electron chi connectivity index (χ0n) is 22.6. The number of carbonyl (C=O) groups excluding carboxylic acids is 1. The lowest BCUT2D eigenvalue weighted by Crippen LogP contribution is -2.42. The van der Waals surface area contributed by atoms with Gasteiger partial charge in [-0.3, -0.25) is 4.79 Å². The molecule has 0 aliphatic carbocycles. The molecule has 3 N–H and O–H groups in total. The van der Waals surface area contributed by atoms with Crippen LogP contribution in [0.5, 0.6) is 11.5 Å². The molecule has 5 aromatic carbocycles. The Morgan fingerprint density at radius 1 is 0.767 bits per heavy atom. The van der Waals surface area contributed by atoms with Crippen molar-refractivity contribution >= 4 is 58.1 Å². The molecule has 0 aromatic heterocycles. The topological polar surface area (TPSA) is 87.7 Å². The van der Waals surface area contributed by atoms with Crippen molar-refractivity contribution in [3.63, 3.8) is 0 Å². The van der Waals surface area contributed by atoms with Gasteiger partial charge in [-0.05, 0) is 65.7 Å². The van der Waals surface area contributed by atoms with Crippen molar-refractivity contribution in [3.05, 3.63) is 141 Å². The maximum Gasteiger partial charge on any atom is 0.326 e. The number of amides is 1. The molecular weight excluding hydrogens is 607 g/mol. The highest BCUT2D eigenvalue weighted by Crippen LogP contribution is 2.34. The molecule has 6 nitrogen and oxygen atoms in total. The van der Waals surface area contributed by atoms with Crippen LogP contribution in [0.15, 0.2) is 115 Å². The van der Waals surface area contributed by atoms with E-state index in [1.54, 1.807) is 30.3 Å². The lowest BCUT2D eigenvalue weighted by atomic mass is 9.99. The van der Waals surface area contributed by atoms with Gasteiger partial charge in [-0.25, -0.2) is 4.79 Å². The summed E-state index contributed by atoms with van der Waals surface area (Å²) in [5.74, 6) is -0.341. The number of carbonyl (C=O) groups is 2. The van der Waals surface area contributed by atoms with Crippen LogP contribution in [0.4, 0.5) is 11.4 Å². The normalized spacial score (nSPS) is 11.4. The molecule has 0 saturated heterocycles. The molecule has 216 valence electrons. The van der Waals surface area contributed by atoms with E-state index in [0.717, 1.165) is 22.4 Å². The number of anilines is 2. The van der Waals surface area contributed by atoms with Gasteiger partial charge in [0.1, 0.15) is 17.5 Å². The smallest absolute Gasteiger partial charge is 0.326 e. The van der Waals surface area contributed by atoms with Crippen molar-refractivity contribution in [3.8, 4) is 22.6 Å². The summed E-state index contributed by atoms with van der Waals surface area (Å²) in [5.41, 5.74) is 3.72. The average molecular weight is 632 g/mol. The molecule has 0 aliphatic heterocycles. The van der Waals surface area contributed by atoms with Crippen LogP contribution in [0, 0.1) is 0 Å². The molecule has 0 radical (unpaired) electrons. The van der Waals surface area contributed by atoms with E-state index in [0.29, 0.717) is 32.2 Å². The SMILES string of the molecule is O=C(NC(Cc1ccc(-c2ccccc2Oc2ccccc2)cc1)C(=O)O)c1cc(Cl)ccc1Nc1ccc(Cl)c(Cl)c1. The van der Waals surface area contributed by atoms with Crippen LogP contribution < -0.4 is 15.4 Å². The Hall–Kier alpha value is -4.49. The second-order valence-corrected chi connectivity index (χ2v) is 10.9. The quantitative estimate of drug-likeness (QED) is 0.143. The Morgan fingerprint density at radius 2 is 1.49 bits per heavy atom. The number of hydrogen-bond acceptors (Lipinski definition) is 4. The van der Waals surface area contributed by atoms with Crippen LogP contribution in [0.25, 0.3) is 11.1 Å². The molecule has 43 heavy (non-hydrogen) atoms. The minimum Gasteiger partial charge on any atom is -0.480 e. The molecule has 1 amide bonds. The molecule has 0 saturated carbocycles. The number of benzene rings is 5. The van der Waals surface area contributed by atoms with Crippen LogP contribution in [-0.4, -0.2) is 23.0 Å². The first-order chi connectivity index (χ1) is 20.8. The monoisotopic (exact) mass is 630 g/mol. The van der Waals surface area contributed by atoms with Crippen LogP contribution in [0.2, 0.25) is 15.1 Å². The number of rotatable bonds is 10. The van der Waals surface area contributed by atoms with Gasteiger partial charge in [0.2, 0.25) is 0 Å². The fourth-order valence-corrected chi connectivity index (χ4v) is 4.91. The van der Waals surface area contributed by atoms with E-state index in [2.05, 4.69) is 10.6 Å². The van der Waals surface area contributed by atoms with E-state index in [9.17, 15) is 14.7 Å². The first-order valence-electron chi connectivity index (χ1n) is 13.2. The molecule has 0 aliphatic rings. The third-order valence-corrected chi connectivity index (χ3v) is 7.57. The Balaban J connectivity index is 1.32. The predicted molar refractivity (Wildman–Crippen MR) is 172 cm³/mol. The van der Waals surface area contributed by atoms with E-state index in [1.165, 1.54) is 6.07 Å². The first kappa shape index (κ1) is 30.0. The Kier molecular flexibility index (Phi) is 9.52. The van der Waals surface area contributed by atoms with Crippen molar-refractivity contribution in [2.75, 3.05) is 5.32 Å². The molecule has 0 bridgehead atoms. The van der Waals surface area contributed by atoms with E-state index >= 15 is 0 Å². The fourth-order valence-electron chi connectivity index (χ4n) is 4.44. The molecule has 0 fully saturated rings. The summed E-state index contributed by atoms with van der Waals surface area (Å²) in [4.78, 5) is 25.5. The van der Waals surface area contributed by atoms with Gasteiger partial charge >= 0.3 is 5.97 Å². The highest BCUT2D eigenvalue weighted by Gasteiger charge is 2.23. The van der Waals surface area contributed by atoms with Crippen molar-refractivity contribution in [2.45, 2.75) is 12.5 Å². The summed E-state index contributed by atoms with van der Waals surface area (Å²) in [6, 6.07) is 33.2. The zero-order chi connectivity index (χ0) is 30.3. The Labute approximate surface area is 263 Å². The first-order valence-corrected chi connectivity index (χ1v) is 14.4. The van der Waals surface area contributed by atoms with Gasteiger partial charge in [0, 0.05) is 22.7 Å². The maximum atomic E-state index is 13.3. The van der Waals surface area contributed by atoms with Gasteiger partial charge in [0.25, 0.3) is 5.91 Å². The van der Waals surface area contributed by atoms with E-state index < -0.39 is 17.9 Å². The van der Waals surface area contributed by atoms with Crippen molar-refractivity contribution in [1.82, 2.24) is 5.32 Å². The molecule has 0 spiro atoms. The number of ether oxygens (including phenoxy) is 1. The third kappa shape index (κ3) is 7.67. The highest BCUT2D eigenvalue weighted by atomic mass is 35.5. The van der Waals surface area contributed by atoms with Crippen LogP contribution in [0.3, 0.4) is 0 Å². The minimum absolute atomic E-state index is 0.0691. The van der Waals surface area contributed by atoms with Crippen LogP contribution in [-0.2, 0) is 11.2 Å². The minimum atomic E-state index is -1.19. The number of halogens is 3. The van der Waals surface area contributed by atoms with Crippen LogP contribution in [0.1, 0.15) is 15.9 Å². The zero-order valence-corrected chi connectivity index (χ0v) is 24.8. The second kappa shape index (κ2) is 13.7. The molecule has 5 aromatic rings. The maximum absolute atomic E-state index is 13.3. The number of carboxylic acid groups (broad SMARTS) is 1.